The Bertz CT molecular complexity index is 1510. The van der Waals surface area contributed by atoms with Gasteiger partial charge in [0.05, 0.1) is 16.8 Å². The lowest BCUT2D eigenvalue weighted by Crippen LogP contribution is -2.41. The minimum Gasteiger partial charge on any atom is -0.475 e. The van der Waals surface area contributed by atoms with E-state index >= 15 is 0 Å². The molecule has 2 aromatic rings. The fraction of sp³-hybridized carbons (Fsp3) is 0.533. The Morgan fingerprint density at radius 2 is 1.76 bits per heavy atom. The van der Waals surface area contributed by atoms with Crippen molar-refractivity contribution in [2.75, 3.05) is 52.6 Å². The first-order chi connectivity index (χ1) is 21.1. The first-order valence-electron chi connectivity index (χ1n) is 14.7. The number of piperidine rings is 2. The van der Waals surface area contributed by atoms with Crippen LogP contribution in [0.15, 0.2) is 35.9 Å². The van der Waals surface area contributed by atoms with Crippen molar-refractivity contribution in [3.8, 4) is 0 Å². The summed E-state index contributed by atoms with van der Waals surface area (Å²) < 4.78 is 57.9. The van der Waals surface area contributed by atoms with Crippen LogP contribution in [0.3, 0.4) is 0 Å². The summed E-state index contributed by atoms with van der Waals surface area (Å²) in [5.41, 5.74) is 9.85. The number of hydrogen-bond donors (Lipinski definition) is 4. The number of allylic oxidation sites excluding steroid dienone is 2. The Kier molecular flexibility index (Phi) is 12.7. The normalized spacial score (nSPS) is 18.4. The van der Waals surface area contributed by atoms with Gasteiger partial charge in [0.1, 0.15) is 0 Å². The van der Waals surface area contributed by atoms with E-state index in [-0.39, 0.29) is 11.7 Å². The molecule has 4 N–H and O–H groups in total. The van der Waals surface area contributed by atoms with E-state index in [0.717, 1.165) is 60.1 Å². The summed E-state index contributed by atoms with van der Waals surface area (Å²) in [6.45, 7) is 5.78. The predicted octanol–water partition coefficient (Wildman–Crippen LogP) is 4.28. The molecule has 1 aromatic carbocycles. The third kappa shape index (κ3) is 9.58. The van der Waals surface area contributed by atoms with Gasteiger partial charge in [0.15, 0.2) is 0 Å². The van der Waals surface area contributed by atoms with Gasteiger partial charge in [-0.15, -0.1) is 0 Å². The van der Waals surface area contributed by atoms with Crippen molar-refractivity contribution in [1.82, 2.24) is 19.1 Å². The number of thiol groups is 1. The molecule has 0 aliphatic carbocycles. The second kappa shape index (κ2) is 15.6. The zero-order valence-electron chi connectivity index (χ0n) is 25.7. The van der Waals surface area contributed by atoms with E-state index in [1.165, 1.54) is 12.8 Å². The number of alkyl halides is 3. The number of primary amides is 1. The van der Waals surface area contributed by atoms with Crippen LogP contribution in [0.25, 0.3) is 16.5 Å². The van der Waals surface area contributed by atoms with Crippen molar-refractivity contribution in [3.63, 3.8) is 0 Å². The molecule has 2 aliphatic heterocycles. The fourth-order valence-electron chi connectivity index (χ4n) is 5.72. The lowest BCUT2D eigenvalue weighted by molar-refractivity contribution is -0.192. The van der Waals surface area contributed by atoms with Crippen LogP contribution >= 0.6 is 12.6 Å². The van der Waals surface area contributed by atoms with Crippen molar-refractivity contribution >= 4 is 51.0 Å². The highest BCUT2D eigenvalue weighted by Crippen LogP contribution is 2.36. The maximum atomic E-state index is 12.4. The van der Waals surface area contributed by atoms with Crippen LogP contribution in [0.5, 0.6) is 0 Å². The van der Waals surface area contributed by atoms with E-state index in [0.29, 0.717) is 24.7 Å². The van der Waals surface area contributed by atoms with E-state index in [4.69, 9.17) is 15.6 Å². The number of carboxylic acid groups (broad SMARTS) is 1. The number of fused-ring (bicyclic) bond motifs is 1. The molecule has 0 bridgehead atoms. The Morgan fingerprint density at radius 3 is 2.27 bits per heavy atom. The molecule has 4 rings (SSSR count). The molecule has 0 atom stereocenters. The Morgan fingerprint density at radius 1 is 1.16 bits per heavy atom. The highest BCUT2D eigenvalue weighted by atomic mass is 32.2. The number of aromatic amines is 1. The van der Waals surface area contributed by atoms with Crippen molar-refractivity contribution in [3.05, 3.63) is 52.6 Å². The van der Waals surface area contributed by atoms with Crippen LogP contribution < -0.4 is 5.73 Å². The summed E-state index contributed by atoms with van der Waals surface area (Å²) in [6, 6.07) is 4.50. The maximum Gasteiger partial charge on any atom is 0.490 e. The lowest BCUT2D eigenvalue weighted by Gasteiger charge is -2.34. The quantitative estimate of drug-likeness (QED) is 0.230. The van der Waals surface area contributed by atoms with Gasteiger partial charge in [0.25, 0.3) is 5.91 Å². The number of sulfonamides is 1. The highest BCUT2D eigenvalue weighted by molar-refractivity contribution is 7.89. The van der Waals surface area contributed by atoms with Gasteiger partial charge in [0.2, 0.25) is 10.0 Å². The second-order valence-corrected chi connectivity index (χ2v) is 13.9. The average molecular weight is 674 g/mol. The first kappa shape index (κ1) is 36.6. The number of H-pyrrole nitrogens is 1. The van der Waals surface area contributed by atoms with E-state index in [2.05, 4.69) is 59.7 Å². The van der Waals surface area contributed by atoms with E-state index in [1.807, 2.05) is 12.3 Å². The van der Waals surface area contributed by atoms with Crippen LogP contribution in [-0.2, 0) is 14.8 Å². The summed E-state index contributed by atoms with van der Waals surface area (Å²) in [5, 5.41) is 9.84. The van der Waals surface area contributed by atoms with Gasteiger partial charge in [-0.25, -0.2) is 17.5 Å². The zero-order valence-corrected chi connectivity index (χ0v) is 27.4. The van der Waals surface area contributed by atoms with Crippen molar-refractivity contribution in [1.29, 1.82) is 0 Å². The number of halogens is 3. The number of carboxylic acids is 1. The van der Waals surface area contributed by atoms with Crippen molar-refractivity contribution in [2.45, 2.75) is 50.7 Å². The van der Waals surface area contributed by atoms with Crippen LogP contribution in [0.1, 0.15) is 60.0 Å². The van der Waals surface area contributed by atoms with E-state index < -0.39 is 28.1 Å². The molecule has 3 heterocycles. The van der Waals surface area contributed by atoms with Gasteiger partial charge in [-0.3, -0.25) is 9.69 Å². The average Bonchev–Trinajstić information content (AvgIpc) is 3.43. The topological polar surface area (TPSA) is 140 Å². The standard InChI is InChI=1S/C28H41N5O3S2.C2HF3O2/c1-4-38(35,36)33-14-7-20(8-15-33)26-18-30-27-24(26)16-22(17-25(27)28(29)34)21(19-37)6-5-11-32(3)23-9-12-31(2)13-10-23;3-2(4,5)1(6)7/h5-6,16-20,23,30,37H,4,7-15H2,1-3H3,(H2,29,34);(H,6,7)/b6-5+,21-19+;. The fourth-order valence-corrected chi connectivity index (χ4v) is 7.09. The molecule has 0 radical (unpaired) electrons. The molecule has 2 fully saturated rings. The molecule has 15 heteroatoms. The van der Waals surface area contributed by atoms with Crippen LogP contribution in [0, 0.1) is 0 Å². The zero-order chi connectivity index (χ0) is 33.5. The van der Waals surface area contributed by atoms with Crippen LogP contribution in [0.4, 0.5) is 13.2 Å². The van der Waals surface area contributed by atoms with Gasteiger partial charge >= 0.3 is 12.1 Å². The molecule has 1 amide bonds. The molecule has 10 nitrogen and oxygen atoms in total. The number of benzene rings is 1. The monoisotopic (exact) mass is 673 g/mol. The number of likely N-dealkylation sites (N-methyl/N-ethyl adjacent to an activating group) is 1. The molecule has 2 aliphatic rings. The summed E-state index contributed by atoms with van der Waals surface area (Å²) in [4.78, 5) is 29.4. The third-order valence-electron chi connectivity index (χ3n) is 8.46. The molecule has 250 valence electrons. The minimum atomic E-state index is -5.08. The van der Waals surface area contributed by atoms with Gasteiger partial charge in [0, 0.05) is 37.3 Å². The van der Waals surface area contributed by atoms with Crippen molar-refractivity contribution in [2.24, 2.45) is 5.73 Å². The number of aromatic nitrogens is 1. The number of nitrogens with one attached hydrogen (secondary N) is 1. The van der Waals surface area contributed by atoms with Crippen LogP contribution in [0.2, 0.25) is 0 Å². The first-order valence-corrected chi connectivity index (χ1v) is 16.8. The number of likely N-dealkylation sites (tertiary alicyclic amines) is 1. The molecule has 2 saturated heterocycles. The Hall–Kier alpha value is -2.85. The van der Waals surface area contributed by atoms with E-state index in [1.54, 1.807) is 16.6 Å². The summed E-state index contributed by atoms with van der Waals surface area (Å²) >= 11 is 4.48. The highest BCUT2D eigenvalue weighted by Gasteiger charge is 2.38. The Labute approximate surface area is 267 Å². The Balaban J connectivity index is 0.000000707. The smallest absolute Gasteiger partial charge is 0.475 e. The van der Waals surface area contributed by atoms with Crippen LogP contribution in [-0.4, -0.2) is 109 Å². The number of carbonyl (C=O) groups is 2. The third-order valence-corrected chi connectivity index (χ3v) is 10.6. The molecular formula is C30H42F3N5O5S2. The lowest BCUT2D eigenvalue weighted by atomic mass is 9.88. The molecular weight excluding hydrogens is 631 g/mol. The minimum absolute atomic E-state index is 0.121. The molecule has 45 heavy (non-hydrogen) atoms. The summed E-state index contributed by atoms with van der Waals surface area (Å²) in [5.74, 6) is -2.92. The van der Waals surface area contributed by atoms with Crippen molar-refractivity contribution < 1.29 is 36.3 Å². The molecule has 0 saturated carbocycles. The van der Waals surface area contributed by atoms with Gasteiger partial charge < -0.3 is 20.7 Å². The number of nitrogens with two attached hydrogens (primary N) is 1. The molecule has 1 aromatic heterocycles. The number of rotatable bonds is 9. The molecule has 0 spiro atoms. The van der Waals surface area contributed by atoms with Gasteiger partial charge in [-0.2, -0.15) is 25.8 Å². The summed E-state index contributed by atoms with van der Waals surface area (Å²) in [6.07, 6.45) is 4.90. The van der Waals surface area contributed by atoms with Gasteiger partial charge in [-0.05, 0) is 100.0 Å². The predicted molar refractivity (Wildman–Crippen MR) is 173 cm³/mol. The SMILES string of the molecule is CCS(=O)(=O)N1CCC(c2c[nH]c3c(C(N)=O)cc(C(/C=C/CN(C)C4CCN(C)CC4)=C/S)cc23)CC1.O=C(O)C(F)(F)F. The summed E-state index contributed by atoms with van der Waals surface area (Å²) in [7, 11) is 1.16. The number of amides is 1. The maximum absolute atomic E-state index is 12.4. The molecule has 0 unspecified atom stereocenters. The second-order valence-electron chi connectivity index (χ2n) is 11.4. The van der Waals surface area contributed by atoms with Gasteiger partial charge in [-0.1, -0.05) is 12.2 Å². The largest absolute Gasteiger partial charge is 0.490 e. The number of carbonyl (C=O) groups excluding carboxylic acids is 1. The number of hydrogen-bond acceptors (Lipinski definition) is 7. The van der Waals surface area contributed by atoms with E-state index in [9.17, 15) is 26.4 Å². The number of aliphatic carboxylic acids is 1. The number of nitrogens with zero attached hydrogens (tertiary/aromatic N) is 3.